The molecule has 1 aliphatic rings. The van der Waals surface area contributed by atoms with Crippen LogP contribution in [0.25, 0.3) is 0 Å². The lowest BCUT2D eigenvalue weighted by atomic mass is 10.0. The van der Waals surface area contributed by atoms with Crippen molar-refractivity contribution in [3.63, 3.8) is 0 Å². The summed E-state index contributed by atoms with van der Waals surface area (Å²) in [6, 6.07) is 3.94. The van der Waals surface area contributed by atoms with Gasteiger partial charge in [0.2, 0.25) is 0 Å². The first-order valence-corrected chi connectivity index (χ1v) is 4.25. The molecule has 0 spiro atoms. The van der Waals surface area contributed by atoms with E-state index in [-0.39, 0.29) is 18.4 Å². The van der Waals surface area contributed by atoms with Gasteiger partial charge in [-0.1, -0.05) is 6.07 Å². The number of halogens is 1. The van der Waals surface area contributed by atoms with Gasteiger partial charge in [-0.3, -0.25) is 0 Å². The highest BCUT2D eigenvalue weighted by molar-refractivity contribution is 5.85. The molecule has 1 aliphatic carbocycles. The van der Waals surface area contributed by atoms with Crippen molar-refractivity contribution in [2.75, 3.05) is 5.73 Å². The summed E-state index contributed by atoms with van der Waals surface area (Å²) in [4.78, 5) is 4.01. The SMILES string of the molecule is Cl.Nc1ncccc1[C@H](N)C1CC1. The van der Waals surface area contributed by atoms with Crippen LogP contribution in [0.2, 0.25) is 0 Å². The van der Waals surface area contributed by atoms with Crippen molar-refractivity contribution in [2.45, 2.75) is 18.9 Å². The first-order valence-electron chi connectivity index (χ1n) is 4.25. The summed E-state index contributed by atoms with van der Waals surface area (Å²) in [6.07, 6.45) is 4.16. The normalized spacial score (nSPS) is 17.6. The minimum Gasteiger partial charge on any atom is -0.383 e. The smallest absolute Gasteiger partial charge is 0.128 e. The lowest BCUT2D eigenvalue weighted by Crippen LogP contribution is -2.14. The zero-order valence-electron chi connectivity index (χ0n) is 7.31. The number of hydrogen-bond acceptors (Lipinski definition) is 3. The van der Waals surface area contributed by atoms with Crippen LogP contribution in [0.4, 0.5) is 5.82 Å². The van der Waals surface area contributed by atoms with Crippen molar-refractivity contribution in [1.29, 1.82) is 0 Å². The highest BCUT2D eigenvalue weighted by Crippen LogP contribution is 2.40. The minimum absolute atomic E-state index is 0. The molecule has 1 atom stereocenters. The van der Waals surface area contributed by atoms with E-state index in [0.717, 1.165) is 5.56 Å². The van der Waals surface area contributed by atoms with Crippen LogP contribution in [0, 0.1) is 5.92 Å². The predicted octanol–water partition coefficient (Wildman–Crippen LogP) is 1.50. The zero-order valence-corrected chi connectivity index (χ0v) is 8.13. The summed E-state index contributed by atoms with van der Waals surface area (Å²) in [7, 11) is 0. The predicted molar refractivity (Wildman–Crippen MR) is 55.5 cm³/mol. The third-order valence-electron chi connectivity index (χ3n) is 2.36. The highest BCUT2D eigenvalue weighted by Gasteiger charge is 2.30. The molecule has 1 aromatic heterocycles. The molecule has 4 N–H and O–H groups in total. The summed E-state index contributed by atoms with van der Waals surface area (Å²) in [5.74, 6) is 1.22. The van der Waals surface area contributed by atoms with E-state index in [1.54, 1.807) is 6.20 Å². The van der Waals surface area contributed by atoms with E-state index in [2.05, 4.69) is 4.98 Å². The number of nitrogens with zero attached hydrogens (tertiary/aromatic N) is 1. The highest BCUT2D eigenvalue weighted by atomic mass is 35.5. The van der Waals surface area contributed by atoms with E-state index < -0.39 is 0 Å². The van der Waals surface area contributed by atoms with Crippen molar-refractivity contribution in [1.82, 2.24) is 4.98 Å². The molecule has 4 heteroatoms. The summed E-state index contributed by atoms with van der Waals surface area (Å²) >= 11 is 0. The Morgan fingerprint density at radius 1 is 1.46 bits per heavy atom. The van der Waals surface area contributed by atoms with Gasteiger partial charge in [-0.25, -0.2) is 4.98 Å². The van der Waals surface area contributed by atoms with Gasteiger partial charge in [0.25, 0.3) is 0 Å². The van der Waals surface area contributed by atoms with Crippen LogP contribution in [-0.2, 0) is 0 Å². The molecule has 72 valence electrons. The lowest BCUT2D eigenvalue weighted by Gasteiger charge is -2.11. The molecule has 0 radical (unpaired) electrons. The van der Waals surface area contributed by atoms with Crippen molar-refractivity contribution in [2.24, 2.45) is 11.7 Å². The fraction of sp³-hybridized carbons (Fsp3) is 0.444. The molecule has 1 heterocycles. The first-order chi connectivity index (χ1) is 5.79. The van der Waals surface area contributed by atoms with E-state index in [9.17, 15) is 0 Å². The molecule has 3 nitrogen and oxygen atoms in total. The third kappa shape index (κ3) is 2.11. The Hall–Kier alpha value is -0.800. The fourth-order valence-electron chi connectivity index (χ4n) is 1.42. The van der Waals surface area contributed by atoms with Gasteiger partial charge in [0, 0.05) is 17.8 Å². The Balaban J connectivity index is 0.000000845. The second kappa shape index (κ2) is 3.94. The molecule has 13 heavy (non-hydrogen) atoms. The topological polar surface area (TPSA) is 64.9 Å². The van der Waals surface area contributed by atoms with Crippen LogP contribution >= 0.6 is 12.4 Å². The Morgan fingerprint density at radius 3 is 2.69 bits per heavy atom. The molecule has 1 fully saturated rings. The maximum atomic E-state index is 5.98. The molecular formula is C9H14ClN3. The van der Waals surface area contributed by atoms with Gasteiger partial charge in [-0.15, -0.1) is 12.4 Å². The van der Waals surface area contributed by atoms with Crippen LogP contribution in [0.15, 0.2) is 18.3 Å². The first kappa shape index (κ1) is 10.3. The average molecular weight is 200 g/mol. The van der Waals surface area contributed by atoms with Crippen molar-refractivity contribution in [3.8, 4) is 0 Å². The summed E-state index contributed by atoms with van der Waals surface area (Å²) < 4.78 is 0. The van der Waals surface area contributed by atoms with Gasteiger partial charge in [0.05, 0.1) is 0 Å². The molecule has 0 aromatic carbocycles. The second-order valence-electron chi connectivity index (χ2n) is 3.34. The minimum atomic E-state index is 0. The number of aromatic nitrogens is 1. The number of anilines is 1. The largest absolute Gasteiger partial charge is 0.383 e. The molecule has 1 saturated carbocycles. The van der Waals surface area contributed by atoms with Crippen LogP contribution in [0.3, 0.4) is 0 Å². The molecule has 0 amide bonds. The standard InChI is InChI=1S/C9H13N3.ClH/c10-8(6-3-4-6)7-2-1-5-12-9(7)11;/h1-2,5-6,8H,3-4,10H2,(H2,11,12);1H/t8-;/m1./s1. The number of rotatable bonds is 2. The molecule has 2 rings (SSSR count). The summed E-state index contributed by atoms with van der Waals surface area (Å²) in [6.45, 7) is 0. The lowest BCUT2D eigenvalue weighted by molar-refractivity contribution is 0.633. The molecule has 0 bridgehead atoms. The maximum absolute atomic E-state index is 5.98. The van der Waals surface area contributed by atoms with Gasteiger partial charge >= 0.3 is 0 Å². The van der Waals surface area contributed by atoms with Crippen molar-refractivity contribution >= 4 is 18.2 Å². The molecular weight excluding hydrogens is 186 g/mol. The number of hydrogen-bond donors (Lipinski definition) is 2. The molecule has 1 aromatic rings. The van der Waals surface area contributed by atoms with Crippen molar-refractivity contribution in [3.05, 3.63) is 23.9 Å². The van der Waals surface area contributed by atoms with Crippen molar-refractivity contribution < 1.29 is 0 Å². The Morgan fingerprint density at radius 2 is 2.15 bits per heavy atom. The molecule has 0 saturated heterocycles. The maximum Gasteiger partial charge on any atom is 0.128 e. The second-order valence-corrected chi connectivity index (χ2v) is 3.34. The Bertz CT molecular complexity index is 286. The van der Waals surface area contributed by atoms with E-state index in [4.69, 9.17) is 11.5 Å². The van der Waals surface area contributed by atoms with Gasteiger partial charge in [0.15, 0.2) is 0 Å². The van der Waals surface area contributed by atoms with Gasteiger partial charge in [-0.2, -0.15) is 0 Å². The van der Waals surface area contributed by atoms with Crippen LogP contribution in [0.5, 0.6) is 0 Å². The third-order valence-corrected chi connectivity index (χ3v) is 2.36. The van der Waals surface area contributed by atoms with Crippen LogP contribution in [-0.4, -0.2) is 4.98 Å². The Labute approximate surface area is 83.9 Å². The van der Waals surface area contributed by atoms with Gasteiger partial charge in [-0.05, 0) is 24.8 Å². The number of nitrogens with two attached hydrogens (primary N) is 2. The summed E-state index contributed by atoms with van der Waals surface area (Å²) in [5.41, 5.74) is 12.7. The van der Waals surface area contributed by atoms with E-state index in [1.807, 2.05) is 12.1 Å². The number of nitrogen functional groups attached to an aromatic ring is 1. The molecule has 0 unspecified atom stereocenters. The summed E-state index contributed by atoms with van der Waals surface area (Å²) in [5, 5.41) is 0. The van der Waals surface area contributed by atoms with E-state index >= 15 is 0 Å². The van der Waals surface area contributed by atoms with Gasteiger partial charge < -0.3 is 11.5 Å². The van der Waals surface area contributed by atoms with Crippen LogP contribution < -0.4 is 11.5 Å². The zero-order chi connectivity index (χ0) is 8.55. The van der Waals surface area contributed by atoms with E-state index in [1.165, 1.54) is 12.8 Å². The quantitative estimate of drug-likeness (QED) is 0.759. The average Bonchev–Trinajstić information content (AvgIpc) is 2.86. The number of pyridine rings is 1. The fourth-order valence-corrected chi connectivity index (χ4v) is 1.42. The van der Waals surface area contributed by atoms with Crippen LogP contribution in [0.1, 0.15) is 24.4 Å². The Kier molecular flexibility index (Phi) is 3.12. The van der Waals surface area contributed by atoms with Gasteiger partial charge in [0.1, 0.15) is 5.82 Å². The van der Waals surface area contributed by atoms with E-state index in [0.29, 0.717) is 11.7 Å². The molecule has 0 aliphatic heterocycles. The monoisotopic (exact) mass is 199 g/mol.